The topological polar surface area (TPSA) is 26.0 Å². The monoisotopic (exact) mass is 287 g/mol. The van der Waals surface area contributed by atoms with E-state index < -0.39 is 0 Å². The molecule has 1 aromatic rings. The molecule has 1 aromatic carbocycles. The molecule has 15 heavy (non-hydrogen) atoms. The maximum absolute atomic E-state index is 5.83. The van der Waals surface area contributed by atoms with Crippen LogP contribution < -0.4 is 5.73 Å². The number of anilines is 1. The normalized spacial score (nSPS) is 13.1. The van der Waals surface area contributed by atoms with Gasteiger partial charge < -0.3 is 5.73 Å². The van der Waals surface area contributed by atoms with Crippen molar-refractivity contribution in [2.75, 3.05) is 5.73 Å². The van der Waals surface area contributed by atoms with Gasteiger partial charge in [-0.05, 0) is 33.5 Å². The molecule has 0 aliphatic heterocycles. The predicted molar refractivity (Wildman–Crippen MR) is 74.1 cm³/mol. The van der Waals surface area contributed by atoms with E-state index in [2.05, 4.69) is 42.8 Å². The Hall–Kier alpha value is -0.150. The first-order valence-electron chi connectivity index (χ1n) is 5.16. The lowest BCUT2D eigenvalue weighted by atomic mass is 10.2. The van der Waals surface area contributed by atoms with Gasteiger partial charge in [0.2, 0.25) is 0 Å². The summed E-state index contributed by atoms with van der Waals surface area (Å²) in [7, 11) is 0. The molecule has 0 radical (unpaired) electrons. The minimum Gasteiger partial charge on any atom is -0.398 e. The zero-order valence-electron chi connectivity index (χ0n) is 9.46. The Kier molecular flexibility index (Phi) is 5.00. The molecule has 1 unspecified atom stereocenters. The van der Waals surface area contributed by atoms with Crippen molar-refractivity contribution >= 4 is 33.4 Å². The van der Waals surface area contributed by atoms with Crippen molar-refractivity contribution in [2.24, 2.45) is 5.92 Å². The van der Waals surface area contributed by atoms with E-state index in [0.29, 0.717) is 5.25 Å². The summed E-state index contributed by atoms with van der Waals surface area (Å²) in [6.07, 6.45) is 0. The molecule has 0 amide bonds. The predicted octanol–water partition coefficient (Wildman–Crippen LogP) is 4.31. The van der Waals surface area contributed by atoms with Gasteiger partial charge in [0.15, 0.2) is 0 Å². The zero-order chi connectivity index (χ0) is 11.4. The van der Waals surface area contributed by atoms with Gasteiger partial charge in [-0.25, -0.2) is 0 Å². The Morgan fingerprint density at radius 2 is 2.00 bits per heavy atom. The summed E-state index contributed by atoms with van der Waals surface area (Å²) in [4.78, 5) is 0. The number of benzene rings is 1. The second kappa shape index (κ2) is 5.80. The smallest absolute Gasteiger partial charge is 0.0461 e. The van der Waals surface area contributed by atoms with E-state index in [-0.39, 0.29) is 0 Å². The number of nitrogen functional groups attached to an aromatic ring is 1. The molecular formula is C12H18BrNS. The van der Waals surface area contributed by atoms with E-state index in [9.17, 15) is 0 Å². The summed E-state index contributed by atoms with van der Waals surface area (Å²) in [5.41, 5.74) is 7.94. The van der Waals surface area contributed by atoms with Crippen molar-refractivity contribution in [3.05, 3.63) is 28.2 Å². The van der Waals surface area contributed by atoms with Gasteiger partial charge in [-0.1, -0.05) is 32.9 Å². The fourth-order valence-electron chi connectivity index (χ4n) is 1.12. The summed E-state index contributed by atoms with van der Waals surface area (Å²) in [6.45, 7) is 6.79. The van der Waals surface area contributed by atoms with E-state index in [0.717, 1.165) is 21.8 Å². The Morgan fingerprint density at radius 3 is 2.60 bits per heavy atom. The largest absolute Gasteiger partial charge is 0.398 e. The van der Waals surface area contributed by atoms with Gasteiger partial charge in [-0.2, -0.15) is 11.8 Å². The first kappa shape index (κ1) is 12.9. The standard InChI is InChI=1S/C12H18BrNS/c1-8(2)9(3)15-7-10-5-4-6-11(14)12(10)13/h4-6,8-9H,7,14H2,1-3H3. The fourth-order valence-corrected chi connectivity index (χ4v) is 2.78. The Labute approximate surface area is 105 Å². The summed E-state index contributed by atoms with van der Waals surface area (Å²) in [6, 6.07) is 6.06. The van der Waals surface area contributed by atoms with Gasteiger partial charge >= 0.3 is 0 Å². The summed E-state index contributed by atoms with van der Waals surface area (Å²) >= 11 is 5.50. The molecule has 0 aliphatic carbocycles. The lowest BCUT2D eigenvalue weighted by Gasteiger charge is -2.15. The van der Waals surface area contributed by atoms with Crippen LogP contribution in [0, 0.1) is 5.92 Å². The van der Waals surface area contributed by atoms with Crippen LogP contribution in [-0.2, 0) is 5.75 Å². The van der Waals surface area contributed by atoms with Crippen LogP contribution in [0.4, 0.5) is 5.69 Å². The Balaban J connectivity index is 2.62. The highest BCUT2D eigenvalue weighted by atomic mass is 79.9. The van der Waals surface area contributed by atoms with Crippen molar-refractivity contribution in [3.8, 4) is 0 Å². The summed E-state index contributed by atoms with van der Waals surface area (Å²) in [5, 5.41) is 0.679. The summed E-state index contributed by atoms with van der Waals surface area (Å²) < 4.78 is 1.05. The molecule has 0 fully saturated rings. The molecule has 2 N–H and O–H groups in total. The van der Waals surface area contributed by atoms with Crippen molar-refractivity contribution in [3.63, 3.8) is 0 Å². The average molecular weight is 288 g/mol. The number of hydrogen-bond donors (Lipinski definition) is 1. The second-order valence-corrected chi connectivity index (χ2v) is 6.24. The molecular weight excluding hydrogens is 270 g/mol. The molecule has 0 bridgehead atoms. The van der Waals surface area contributed by atoms with Crippen LogP contribution >= 0.6 is 27.7 Å². The second-order valence-electron chi connectivity index (χ2n) is 4.08. The van der Waals surface area contributed by atoms with E-state index >= 15 is 0 Å². The molecule has 0 aromatic heterocycles. The zero-order valence-corrected chi connectivity index (χ0v) is 11.9. The van der Waals surface area contributed by atoms with E-state index in [4.69, 9.17) is 5.73 Å². The quantitative estimate of drug-likeness (QED) is 0.835. The minimum absolute atomic E-state index is 0.679. The maximum Gasteiger partial charge on any atom is 0.0461 e. The number of halogens is 1. The van der Waals surface area contributed by atoms with E-state index in [1.165, 1.54) is 5.56 Å². The minimum atomic E-state index is 0.679. The molecule has 0 spiro atoms. The third-order valence-electron chi connectivity index (χ3n) is 2.55. The molecule has 0 heterocycles. The number of thioether (sulfide) groups is 1. The molecule has 3 heteroatoms. The van der Waals surface area contributed by atoms with Crippen LogP contribution in [0.3, 0.4) is 0 Å². The fraction of sp³-hybridized carbons (Fsp3) is 0.500. The third-order valence-corrected chi connectivity index (χ3v) is 5.06. The Morgan fingerprint density at radius 1 is 1.33 bits per heavy atom. The molecule has 84 valence electrons. The van der Waals surface area contributed by atoms with Gasteiger partial charge in [0, 0.05) is 21.2 Å². The maximum atomic E-state index is 5.83. The SMILES string of the molecule is CC(C)C(C)SCc1cccc(N)c1Br. The van der Waals surface area contributed by atoms with Crippen LogP contribution in [-0.4, -0.2) is 5.25 Å². The third kappa shape index (κ3) is 3.72. The first-order valence-corrected chi connectivity index (χ1v) is 7.01. The van der Waals surface area contributed by atoms with Gasteiger partial charge in [-0.15, -0.1) is 0 Å². The van der Waals surface area contributed by atoms with E-state index in [1.807, 2.05) is 23.9 Å². The van der Waals surface area contributed by atoms with Crippen LogP contribution in [0.5, 0.6) is 0 Å². The number of hydrogen-bond acceptors (Lipinski definition) is 2. The number of nitrogens with two attached hydrogens (primary N) is 1. The van der Waals surface area contributed by atoms with Crippen LogP contribution in [0.25, 0.3) is 0 Å². The lowest BCUT2D eigenvalue weighted by Crippen LogP contribution is -2.06. The summed E-state index contributed by atoms with van der Waals surface area (Å²) in [5.74, 6) is 1.74. The number of rotatable bonds is 4. The van der Waals surface area contributed by atoms with Crippen molar-refractivity contribution in [1.29, 1.82) is 0 Å². The average Bonchev–Trinajstić information content (AvgIpc) is 2.19. The Bertz CT molecular complexity index is 325. The van der Waals surface area contributed by atoms with Crippen LogP contribution in [0.15, 0.2) is 22.7 Å². The van der Waals surface area contributed by atoms with Crippen LogP contribution in [0.1, 0.15) is 26.3 Å². The molecule has 1 nitrogen and oxygen atoms in total. The van der Waals surface area contributed by atoms with Crippen LogP contribution in [0.2, 0.25) is 0 Å². The van der Waals surface area contributed by atoms with Crippen molar-refractivity contribution in [1.82, 2.24) is 0 Å². The van der Waals surface area contributed by atoms with Crippen molar-refractivity contribution < 1.29 is 0 Å². The van der Waals surface area contributed by atoms with Gasteiger partial charge in [0.1, 0.15) is 0 Å². The molecule has 0 saturated heterocycles. The van der Waals surface area contributed by atoms with Gasteiger partial charge in [0.05, 0.1) is 0 Å². The first-order chi connectivity index (χ1) is 7.02. The molecule has 0 aliphatic rings. The molecule has 1 atom stereocenters. The van der Waals surface area contributed by atoms with E-state index in [1.54, 1.807) is 0 Å². The van der Waals surface area contributed by atoms with Gasteiger partial charge in [-0.3, -0.25) is 0 Å². The molecule has 0 saturated carbocycles. The highest BCUT2D eigenvalue weighted by Gasteiger charge is 2.09. The van der Waals surface area contributed by atoms with Gasteiger partial charge in [0.25, 0.3) is 0 Å². The highest BCUT2D eigenvalue weighted by Crippen LogP contribution is 2.30. The highest BCUT2D eigenvalue weighted by molar-refractivity contribution is 9.10. The molecule has 1 rings (SSSR count). The lowest BCUT2D eigenvalue weighted by molar-refractivity contribution is 0.642. The van der Waals surface area contributed by atoms with Crippen molar-refractivity contribution in [2.45, 2.75) is 31.8 Å².